The van der Waals surface area contributed by atoms with Crippen molar-refractivity contribution < 1.29 is 14.7 Å². The number of nitrogens with zero attached hydrogens (tertiary/aromatic N) is 1. The number of rotatable bonds is 3. The first kappa shape index (κ1) is 15.1. The lowest BCUT2D eigenvalue weighted by atomic mass is 9.80. The predicted molar refractivity (Wildman–Crippen MR) is 75.3 cm³/mol. The number of hydrogen-bond acceptors (Lipinski definition) is 3. The van der Waals surface area contributed by atoms with Gasteiger partial charge >= 0.3 is 12.0 Å². The molecule has 1 saturated carbocycles. The van der Waals surface area contributed by atoms with E-state index < -0.39 is 11.4 Å². The molecule has 0 aromatic rings. The highest BCUT2D eigenvalue weighted by molar-refractivity contribution is 5.78. The summed E-state index contributed by atoms with van der Waals surface area (Å²) >= 11 is 0. The quantitative estimate of drug-likeness (QED) is 0.677. The van der Waals surface area contributed by atoms with Crippen LogP contribution in [0.15, 0.2) is 0 Å². The van der Waals surface area contributed by atoms with Crippen molar-refractivity contribution in [3.8, 4) is 0 Å². The molecule has 2 aliphatic rings. The van der Waals surface area contributed by atoms with Crippen molar-refractivity contribution in [2.75, 3.05) is 19.6 Å². The number of carbonyl (C=O) groups excluding carboxylic acids is 1. The number of carboxylic acid groups (broad SMARTS) is 1. The summed E-state index contributed by atoms with van der Waals surface area (Å²) in [5.74, 6) is -0.780. The predicted octanol–water partition coefficient (Wildman–Crippen LogP) is 1.15. The van der Waals surface area contributed by atoms with Crippen LogP contribution in [0.5, 0.6) is 0 Å². The fourth-order valence-electron chi connectivity index (χ4n) is 3.20. The monoisotopic (exact) mass is 283 g/mol. The van der Waals surface area contributed by atoms with Crippen molar-refractivity contribution >= 4 is 12.0 Å². The molecule has 2 rings (SSSR count). The van der Waals surface area contributed by atoms with E-state index in [1.807, 2.05) is 0 Å². The van der Waals surface area contributed by atoms with Gasteiger partial charge in [-0.25, -0.2) is 4.79 Å². The van der Waals surface area contributed by atoms with Crippen LogP contribution in [-0.4, -0.2) is 47.7 Å². The summed E-state index contributed by atoms with van der Waals surface area (Å²) in [4.78, 5) is 25.4. The van der Waals surface area contributed by atoms with Crippen molar-refractivity contribution in [3.63, 3.8) is 0 Å². The van der Waals surface area contributed by atoms with Crippen LogP contribution in [-0.2, 0) is 4.79 Å². The number of amides is 2. The van der Waals surface area contributed by atoms with Gasteiger partial charge in [-0.3, -0.25) is 4.79 Å². The van der Waals surface area contributed by atoms with Crippen LogP contribution >= 0.6 is 0 Å². The zero-order valence-corrected chi connectivity index (χ0v) is 11.9. The molecule has 1 aliphatic carbocycles. The van der Waals surface area contributed by atoms with Gasteiger partial charge < -0.3 is 21.1 Å². The Morgan fingerprint density at radius 2 is 1.90 bits per heavy atom. The fourth-order valence-corrected chi connectivity index (χ4v) is 3.20. The van der Waals surface area contributed by atoms with Crippen molar-refractivity contribution in [1.82, 2.24) is 10.2 Å². The lowest BCUT2D eigenvalue weighted by Gasteiger charge is -2.29. The highest BCUT2D eigenvalue weighted by Gasteiger charge is 2.39. The second-order valence-electron chi connectivity index (χ2n) is 6.15. The van der Waals surface area contributed by atoms with Gasteiger partial charge in [-0.1, -0.05) is 25.7 Å². The summed E-state index contributed by atoms with van der Waals surface area (Å²) in [6, 6.07) is -0.130. The molecule has 0 aromatic heterocycles. The Balaban J connectivity index is 1.91. The number of nitrogens with one attached hydrogen (secondary N) is 1. The molecule has 114 valence electrons. The summed E-state index contributed by atoms with van der Waals surface area (Å²) in [6.45, 7) is 1.45. The second kappa shape index (κ2) is 6.43. The minimum atomic E-state index is -0.784. The van der Waals surface area contributed by atoms with Crippen molar-refractivity contribution in [2.24, 2.45) is 11.1 Å². The topological polar surface area (TPSA) is 95.7 Å². The zero-order valence-electron chi connectivity index (χ0n) is 11.9. The molecule has 1 heterocycles. The van der Waals surface area contributed by atoms with E-state index >= 15 is 0 Å². The molecule has 0 spiro atoms. The molecule has 6 nitrogen and oxygen atoms in total. The summed E-state index contributed by atoms with van der Waals surface area (Å²) in [5.41, 5.74) is 5.00. The number of urea groups is 1. The van der Waals surface area contributed by atoms with Crippen LogP contribution in [0.4, 0.5) is 4.79 Å². The van der Waals surface area contributed by atoms with Crippen molar-refractivity contribution in [3.05, 3.63) is 0 Å². The molecule has 1 saturated heterocycles. The Hall–Kier alpha value is -1.30. The maximum Gasteiger partial charge on any atom is 0.317 e. The lowest BCUT2D eigenvalue weighted by Crippen LogP contribution is -2.47. The fraction of sp³-hybridized carbons (Fsp3) is 0.857. The molecule has 1 unspecified atom stereocenters. The molecule has 0 aromatic carbocycles. The van der Waals surface area contributed by atoms with E-state index in [1.54, 1.807) is 4.90 Å². The third kappa shape index (κ3) is 3.42. The zero-order chi connectivity index (χ0) is 14.6. The van der Waals surface area contributed by atoms with Crippen LogP contribution < -0.4 is 11.1 Å². The van der Waals surface area contributed by atoms with Crippen LogP contribution in [0.25, 0.3) is 0 Å². The molecule has 6 heteroatoms. The normalized spacial score (nSPS) is 26.1. The average molecular weight is 283 g/mol. The summed E-state index contributed by atoms with van der Waals surface area (Å²) in [7, 11) is 0. The van der Waals surface area contributed by atoms with Gasteiger partial charge in [0, 0.05) is 25.7 Å². The number of likely N-dealkylation sites (tertiary alicyclic amines) is 1. The molecule has 2 amide bonds. The highest BCUT2D eigenvalue weighted by Crippen LogP contribution is 2.34. The maximum atomic E-state index is 12.1. The van der Waals surface area contributed by atoms with Gasteiger partial charge in [0.05, 0.1) is 5.41 Å². The van der Waals surface area contributed by atoms with Gasteiger partial charge in [0.2, 0.25) is 0 Å². The molecule has 2 fully saturated rings. The van der Waals surface area contributed by atoms with E-state index in [-0.39, 0.29) is 18.6 Å². The average Bonchev–Trinajstić information content (AvgIpc) is 2.71. The lowest BCUT2D eigenvalue weighted by molar-refractivity contribution is -0.149. The highest BCUT2D eigenvalue weighted by atomic mass is 16.4. The van der Waals surface area contributed by atoms with Gasteiger partial charge in [0.1, 0.15) is 0 Å². The van der Waals surface area contributed by atoms with E-state index in [0.29, 0.717) is 25.9 Å². The molecular formula is C14H25N3O3. The van der Waals surface area contributed by atoms with E-state index in [4.69, 9.17) is 5.73 Å². The molecule has 0 bridgehead atoms. The van der Waals surface area contributed by atoms with E-state index in [2.05, 4.69) is 5.32 Å². The first-order valence-corrected chi connectivity index (χ1v) is 7.55. The van der Waals surface area contributed by atoms with Gasteiger partial charge in [-0.2, -0.15) is 0 Å². The van der Waals surface area contributed by atoms with Crippen molar-refractivity contribution in [2.45, 2.75) is 51.0 Å². The maximum absolute atomic E-state index is 12.1. The number of carbonyl (C=O) groups is 2. The van der Waals surface area contributed by atoms with E-state index in [1.165, 1.54) is 0 Å². The summed E-state index contributed by atoms with van der Waals surface area (Å²) < 4.78 is 0. The Morgan fingerprint density at radius 3 is 2.40 bits per heavy atom. The molecule has 20 heavy (non-hydrogen) atoms. The Morgan fingerprint density at radius 1 is 1.25 bits per heavy atom. The first-order chi connectivity index (χ1) is 9.53. The second-order valence-corrected chi connectivity index (χ2v) is 6.15. The molecule has 1 atom stereocenters. The van der Waals surface area contributed by atoms with Crippen LogP contribution in [0.1, 0.15) is 44.9 Å². The standard InChI is InChI=1S/C14H25N3O3/c15-11-5-8-17(9-11)13(20)16-10-14(12(18)19)6-3-1-2-4-7-14/h11H,1-10,15H2,(H,16,20)(H,18,19). The van der Waals surface area contributed by atoms with Gasteiger partial charge in [0.15, 0.2) is 0 Å². The summed E-state index contributed by atoms with van der Waals surface area (Å²) in [6.07, 6.45) is 6.16. The van der Waals surface area contributed by atoms with Gasteiger partial charge in [0.25, 0.3) is 0 Å². The Bertz CT molecular complexity index is 365. The number of nitrogens with two attached hydrogens (primary N) is 1. The third-order valence-electron chi connectivity index (χ3n) is 4.60. The molecule has 4 N–H and O–H groups in total. The molecule has 1 aliphatic heterocycles. The minimum Gasteiger partial charge on any atom is -0.481 e. The van der Waals surface area contributed by atoms with Crippen LogP contribution in [0.2, 0.25) is 0 Å². The number of hydrogen-bond donors (Lipinski definition) is 3. The number of carboxylic acids is 1. The molecule has 0 radical (unpaired) electrons. The van der Waals surface area contributed by atoms with Crippen molar-refractivity contribution in [1.29, 1.82) is 0 Å². The van der Waals surface area contributed by atoms with E-state index in [0.717, 1.165) is 32.1 Å². The molecular weight excluding hydrogens is 258 g/mol. The first-order valence-electron chi connectivity index (χ1n) is 7.55. The minimum absolute atomic E-state index is 0.0482. The smallest absolute Gasteiger partial charge is 0.317 e. The Kier molecular flexibility index (Phi) is 4.86. The largest absolute Gasteiger partial charge is 0.481 e. The SMILES string of the molecule is NC1CCN(C(=O)NCC2(C(=O)O)CCCCCC2)C1. The van der Waals surface area contributed by atoms with Gasteiger partial charge in [-0.15, -0.1) is 0 Å². The van der Waals surface area contributed by atoms with Crippen LogP contribution in [0.3, 0.4) is 0 Å². The van der Waals surface area contributed by atoms with E-state index in [9.17, 15) is 14.7 Å². The number of aliphatic carboxylic acids is 1. The summed E-state index contributed by atoms with van der Waals surface area (Å²) in [5, 5.41) is 12.4. The Labute approximate surface area is 119 Å². The van der Waals surface area contributed by atoms with Gasteiger partial charge in [-0.05, 0) is 19.3 Å². The third-order valence-corrected chi connectivity index (χ3v) is 4.60. The van der Waals surface area contributed by atoms with Crippen LogP contribution in [0, 0.1) is 5.41 Å².